The number of nitrogens with one attached hydrogen (secondary N) is 1. The van der Waals surface area contributed by atoms with Crippen LogP contribution in [0, 0.1) is 12.3 Å². The molecule has 0 spiro atoms. The molecule has 0 bridgehead atoms. The van der Waals surface area contributed by atoms with Gasteiger partial charge in [-0.3, -0.25) is 4.40 Å². The molecule has 6 heteroatoms. The zero-order chi connectivity index (χ0) is 27.5. The van der Waals surface area contributed by atoms with Crippen LogP contribution >= 0.6 is 0 Å². The van der Waals surface area contributed by atoms with E-state index in [-0.39, 0.29) is 11.0 Å². The minimum absolute atomic E-state index is 0.150. The molecule has 2 aromatic carbocycles. The summed E-state index contributed by atoms with van der Waals surface area (Å²) in [5.74, 6) is 1.24. The van der Waals surface area contributed by atoms with Crippen LogP contribution in [0.15, 0.2) is 72.9 Å². The lowest BCUT2D eigenvalue weighted by Crippen LogP contribution is -2.36. The molecule has 0 aliphatic rings. The summed E-state index contributed by atoms with van der Waals surface area (Å²) in [7, 11) is 1.56. The van der Waals surface area contributed by atoms with Gasteiger partial charge in [-0.2, -0.15) is 0 Å². The van der Waals surface area contributed by atoms with Crippen molar-refractivity contribution >= 4 is 23.5 Å². The van der Waals surface area contributed by atoms with Crippen molar-refractivity contribution in [2.24, 2.45) is 5.41 Å². The van der Waals surface area contributed by atoms with E-state index < -0.39 is 5.97 Å². The molecule has 0 unspecified atom stereocenters. The lowest BCUT2D eigenvalue weighted by atomic mass is 9.82. The van der Waals surface area contributed by atoms with Crippen molar-refractivity contribution in [3.05, 3.63) is 84.1 Å². The molecule has 1 N–H and O–H groups in total. The fourth-order valence-corrected chi connectivity index (χ4v) is 4.93. The van der Waals surface area contributed by atoms with Crippen LogP contribution in [0.5, 0.6) is 11.5 Å². The monoisotopic (exact) mass is 511 g/mol. The number of aryl methyl sites for hydroxylation is 1. The van der Waals surface area contributed by atoms with Crippen molar-refractivity contribution < 1.29 is 14.3 Å². The van der Waals surface area contributed by atoms with E-state index in [1.54, 1.807) is 19.3 Å². The Morgan fingerprint density at radius 2 is 1.74 bits per heavy atom. The second-order valence-corrected chi connectivity index (χ2v) is 11.5. The summed E-state index contributed by atoms with van der Waals surface area (Å²) in [6.45, 7) is 13.2. The SMILES string of the molecule is COc1cc(-c2nc3cc(C)ccn3c2NC(C)(C)CC(C)(C)C)ccc1OC(=O)C=Cc1ccccc1. The molecule has 0 radical (unpaired) electrons. The molecule has 4 aromatic rings. The van der Waals surface area contributed by atoms with Gasteiger partial charge >= 0.3 is 5.97 Å². The van der Waals surface area contributed by atoms with Crippen LogP contribution in [0.4, 0.5) is 5.82 Å². The number of ether oxygens (including phenoxy) is 2. The van der Waals surface area contributed by atoms with Crippen LogP contribution < -0.4 is 14.8 Å². The number of fused-ring (bicyclic) bond motifs is 1. The molecule has 0 aliphatic carbocycles. The zero-order valence-corrected chi connectivity index (χ0v) is 23.3. The summed E-state index contributed by atoms with van der Waals surface area (Å²) in [4.78, 5) is 17.5. The zero-order valence-electron chi connectivity index (χ0n) is 23.3. The van der Waals surface area contributed by atoms with Gasteiger partial charge in [-0.1, -0.05) is 51.1 Å². The lowest BCUT2D eigenvalue weighted by Gasteiger charge is -2.34. The Kier molecular flexibility index (Phi) is 7.63. The van der Waals surface area contributed by atoms with Crippen molar-refractivity contribution in [3.8, 4) is 22.8 Å². The van der Waals surface area contributed by atoms with Crippen LogP contribution in [0.2, 0.25) is 0 Å². The van der Waals surface area contributed by atoms with E-state index in [0.29, 0.717) is 11.5 Å². The molecule has 6 nitrogen and oxygen atoms in total. The van der Waals surface area contributed by atoms with Crippen LogP contribution in [0.25, 0.3) is 23.0 Å². The third-order valence-electron chi connectivity index (χ3n) is 6.07. The Morgan fingerprint density at radius 3 is 2.42 bits per heavy atom. The molecule has 0 amide bonds. The molecule has 2 heterocycles. The van der Waals surface area contributed by atoms with Gasteiger partial charge in [0, 0.05) is 23.4 Å². The van der Waals surface area contributed by atoms with Crippen molar-refractivity contribution in [3.63, 3.8) is 0 Å². The number of nitrogens with zero attached hydrogens (tertiary/aromatic N) is 2. The van der Waals surface area contributed by atoms with Crippen molar-refractivity contribution in [2.75, 3.05) is 12.4 Å². The summed E-state index contributed by atoms with van der Waals surface area (Å²) in [6, 6.07) is 19.3. The number of carbonyl (C=O) groups is 1. The van der Waals surface area contributed by atoms with Gasteiger partial charge in [-0.15, -0.1) is 0 Å². The van der Waals surface area contributed by atoms with Crippen LogP contribution in [-0.4, -0.2) is 28.0 Å². The number of methoxy groups -OCH3 is 1. The number of pyridine rings is 1. The topological polar surface area (TPSA) is 64.9 Å². The first kappa shape index (κ1) is 27.0. The van der Waals surface area contributed by atoms with E-state index in [9.17, 15) is 4.79 Å². The highest BCUT2D eigenvalue weighted by atomic mass is 16.6. The smallest absolute Gasteiger partial charge is 0.336 e. The van der Waals surface area contributed by atoms with E-state index in [2.05, 4.69) is 63.4 Å². The minimum Gasteiger partial charge on any atom is -0.493 e. The largest absolute Gasteiger partial charge is 0.493 e. The fourth-order valence-electron chi connectivity index (χ4n) is 4.93. The second kappa shape index (κ2) is 10.7. The van der Waals surface area contributed by atoms with Crippen molar-refractivity contribution in [1.82, 2.24) is 9.38 Å². The maximum Gasteiger partial charge on any atom is 0.336 e. The number of aromatic nitrogens is 2. The molecule has 198 valence electrons. The van der Waals surface area contributed by atoms with Gasteiger partial charge in [0.1, 0.15) is 17.2 Å². The Bertz CT molecular complexity index is 1460. The average Bonchev–Trinajstić information content (AvgIpc) is 3.18. The Balaban J connectivity index is 1.68. The van der Waals surface area contributed by atoms with Crippen molar-refractivity contribution in [2.45, 2.75) is 53.5 Å². The van der Waals surface area contributed by atoms with E-state index in [1.165, 1.54) is 6.08 Å². The van der Waals surface area contributed by atoms with Gasteiger partial charge in [0.15, 0.2) is 11.5 Å². The highest BCUT2D eigenvalue weighted by molar-refractivity contribution is 5.89. The van der Waals surface area contributed by atoms with Gasteiger partial charge in [0.05, 0.1) is 7.11 Å². The van der Waals surface area contributed by atoms with Crippen LogP contribution in [0.1, 0.15) is 52.2 Å². The van der Waals surface area contributed by atoms with E-state index in [4.69, 9.17) is 14.5 Å². The minimum atomic E-state index is -0.477. The predicted molar refractivity (Wildman–Crippen MR) is 155 cm³/mol. The first-order valence-electron chi connectivity index (χ1n) is 12.8. The van der Waals surface area contributed by atoms with Crippen LogP contribution in [-0.2, 0) is 4.79 Å². The number of hydrogen-bond acceptors (Lipinski definition) is 5. The maximum absolute atomic E-state index is 12.5. The average molecular weight is 512 g/mol. The molecule has 0 fully saturated rings. The molecule has 0 saturated carbocycles. The number of benzene rings is 2. The Labute approximate surface area is 225 Å². The summed E-state index contributed by atoms with van der Waals surface area (Å²) in [5, 5.41) is 3.77. The Hall–Kier alpha value is -4.06. The molecule has 0 saturated heterocycles. The first-order valence-corrected chi connectivity index (χ1v) is 12.8. The molecule has 2 aromatic heterocycles. The molecular weight excluding hydrogens is 474 g/mol. The predicted octanol–water partition coefficient (Wildman–Crippen LogP) is 7.56. The normalized spacial score (nSPS) is 12.2. The number of rotatable bonds is 8. The van der Waals surface area contributed by atoms with Gasteiger partial charge < -0.3 is 14.8 Å². The summed E-state index contributed by atoms with van der Waals surface area (Å²) < 4.78 is 13.3. The highest BCUT2D eigenvalue weighted by Crippen LogP contribution is 2.38. The number of carbonyl (C=O) groups excluding carboxylic acids is 1. The van der Waals surface area contributed by atoms with Crippen LogP contribution in [0.3, 0.4) is 0 Å². The van der Waals surface area contributed by atoms with Gasteiger partial charge in [-0.05, 0) is 80.1 Å². The molecule has 4 rings (SSSR count). The standard InChI is InChI=1S/C32H37N3O3/c1-22-17-18-35-27(19-22)33-29(30(35)34-32(5,6)21-31(2,3)4)24-14-15-25(26(20-24)37-7)38-28(36)16-13-23-11-9-8-10-12-23/h8-20,34H,21H2,1-7H3. The summed E-state index contributed by atoms with van der Waals surface area (Å²) in [6.07, 6.45) is 6.14. The number of anilines is 1. The van der Waals surface area contributed by atoms with Gasteiger partial charge in [0.2, 0.25) is 0 Å². The Morgan fingerprint density at radius 1 is 1.00 bits per heavy atom. The maximum atomic E-state index is 12.5. The number of imidazole rings is 1. The molecule has 38 heavy (non-hydrogen) atoms. The third-order valence-corrected chi connectivity index (χ3v) is 6.07. The fraction of sp³-hybridized carbons (Fsp3) is 0.312. The van der Waals surface area contributed by atoms with E-state index >= 15 is 0 Å². The number of esters is 1. The van der Waals surface area contributed by atoms with Gasteiger partial charge in [0.25, 0.3) is 0 Å². The lowest BCUT2D eigenvalue weighted by molar-refractivity contribution is -0.129. The molecular formula is C32H37N3O3. The second-order valence-electron chi connectivity index (χ2n) is 11.5. The third kappa shape index (κ3) is 6.62. The summed E-state index contributed by atoms with van der Waals surface area (Å²) >= 11 is 0. The quantitative estimate of drug-likeness (QED) is 0.150. The first-order chi connectivity index (χ1) is 17.9. The van der Waals surface area contributed by atoms with E-state index in [1.807, 2.05) is 48.7 Å². The highest BCUT2D eigenvalue weighted by Gasteiger charge is 2.28. The molecule has 0 atom stereocenters. The van der Waals surface area contributed by atoms with Crippen molar-refractivity contribution in [1.29, 1.82) is 0 Å². The number of hydrogen-bond donors (Lipinski definition) is 1. The van der Waals surface area contributed by atoms with Gasteiger partial charge in [-0.25, -0.2) is 9.78 Å². The van der Waals surface area contributed by atoms with E-state index in [0.717, 1.165) is 40.3 Å². The molecule has 0 aliphatic heterocycles. The summed E-state index contributed by atoms with van der Waals surface area (Å²) in [5.41, 5.74) is 4.54.